The summed E-state index contributed by atoms with van der Waals surface area (Å²) in [6.45, 7) is 4.32. The fourth-order valence-corrected chi connectivity index (χ4v) is 8.88. The highest BCUT2D eigenvalue weighted by Gasteiger charge is 2.12. The van der Waals surface area contributed by atoms with Gasteiger partial charge in [0.15, 0.2) is 5.58 Å². The monoisotopic (exact) mass is 876 g/mol. The van der Waals surface area contributed by atoms with Crippen LogP contribution in [0.5, 0.6) is 0 Å². The molecular formula is C64H45FN2O. The molecule has 0 aliphatic carbocycles. The van der Waals surface area contributed by atoms with Crippen LogP contribution in [0.25, 0.3) is 106 Å². The molecule has 4 heteroatoms. The first-order valence-electron chi connectivity index (χ1n) is 22.8. The quantitative estimate of drug-likeness (QED) is 0.132. The zero-order valence-electron chi connectivity index (χ0n) is 37.2. The van der Waals surface area contributed by atoms with E-state index in [1.807, 2.05) is 24.3 Å². The molecule has 2 N–H and O–H groups in total. The van der Waals surface area contributed by atoms with Crippen molar-refractivity contribution in [3.05, 3.63) is 260 Å². The van der Waals surface area contributed by atoms with Crippen LogP contribution >= 0.6 is 0 Å². The van der Waals surface area contributed by atoms with Crippen LogP contribution in [-0.4, -0.2) is 4.98 Å². The van der Waals surface area contributed by atoms with Gasteiger partial charge in [-0.3, -0.25) is 0 Å². The van der Waals surface area contributed by atoms with Gasteiger partial charge in [-0.15, -0.1) is 0 Å². The lowest BCUT2D eigenvalue weighted by Crippen LogP contribution is -1.95. The van der Waals surface area contributed by atoms with Crippen LogP contribution in [0, 0.1) is 5.82 Å². The van der Waals surface area contributed by atoms with E-state index in [0.29, 0.717) is 5.89 Å². The molecule has 1 heterocycles. The summed E-state index contributed by atoms with van der Waals surface area (Å²) in [6.07, 6.45) is 0.729. The molecule has 11 rings (SSSR count). The van der Waals surface area contributed by atoms with Crippen LogP contribution < -0.4 is 5.73 Å². The number of fused-ring (bicyclic) bond motifs is 1. The van der Waals surface area contributed by atoms with Crippen LogP contribution in [0.1, 0.15) is 11.1 Å². The van der Waals surface area contributed by atoms with Crippen molar-refractivity contribution in [2.24, 2.45) is 0 Å². The number of benzene rings is 10. The standard InChI is InChI=1S/C64H45FN2O/c1-42(40-59-4-2-3-5-61(59)66)43-6-8-44(9-7-43)45-10-12-46(13-11-45)47-14-16-50(17-15-47)52-26-28-56(29-27-52)58-36-39-62-63(41-58)68-64(67-62)57-32-30-54(31-33-57)51-20-18-48(19-21-51)49-22-24-53(25-23-49)55-34-37-60(65)38-35-55/h2-39,41H,1,40,66H2. The highest BCUT2D eigenvalue weighted by atomic mass is 19.1. The summed E-state index contributed by atoms with van der Waals surface area (Å²) >= 11 is 0. The third-order valence-electron chi connectivity index (χ3n) is 12.9. The molecule has 68 heavy (non-hydrogen) atoms. The Hall–Kier alpha value is -8.86. The summed E-state index contributed by atoms with van der Waals surface area (Å²) in [4.78, 5) is 4.83. The number of halogens is 1. The van der Waals surface area contributed by atoms with Crippen LogP contribution in [0.4, 0.5) is 10.1 Å². The number of anilines is 1. The van der Waals surface area contributed by atoms with E-state index in [-0.39, 0.29) is 5.82 Å². The van der Waals surface area contributed by atoms with Gasteiger partial charge in [-0.2, -0.15) is 0 Å². The Balaban J connectivity index is 0.715. The number of hydrogen-bond acceptors (Lipinski definition) is 3. The molecule has 0 atom stereocenters. The van der Waals surface area contributed by atoms with Gasteiger partial charge in [0, 0.05) is 11.3 Å². The van der Waals surface area contributed by atoms with Gasteiger partial charge in [-0.25, -0.2) is 9.37 Å². The smallest absolute Gasteiger partial charge is 0.227 e. The number of nitrogens with zero attached hydrogens (tertiary/aromatic N) is 1. The molecule has 0 amide bonds. The summed E-state index contributed by atoms with van der Waals surface area (Å²) < 4.78 is 19.7. The molecule has 11 aromatic rings. The second-order valence-electron chi connectivity index (χ2n) is 17.2. The normalized spacial score (nSPS) is 11.2. The second kappa shape index (κ2) is 18.2. The lowest BCUT2D eigenvalue weighted by Gasteiger charge is -2.10. The first kappa shape index (κ1) is 41.8. The Morgan fingerprint density at radius 2 is 0.721 bits per heavy atom. The minimum absolute atomic E-state index is 0.230. The molecule has 3 nitrogen and oxygen atoms in total. The van der Waals surface area contributed by atoms with Crippen molar-refractivity contribution < 1.29 is 8.81 Å². The lowest BCUT2D eigenvalue weighted by atomic mass is 9.95. The molecule has 0 aliphatic heterocycles. The zero-order chi connectivity index (χ0) is 46.0. The average Bonchev–Trinajstić information content (AvgIpc) is 3.84. The molecule has 0 aliphatic rings. The van der Waals surface area contributed by atoms with Gasteiger partial charge in [-0.05, 0) is 143 Å². The Labute approximate surface area is 396 Å². The molecule has 0 saturated heterocycles. The molecule has 0 spiro atoms. The predicted molar refractivity (Wildman–Crippen MR) is 281 cm³/mol. The molecule has 0 unspecified atom stereocenters. The van der Waals surface area contributed by atoms with E-state index in [0.717, 1.165) is 101 Å². The zero-order valence-corrected chi connectivity index (χ0v) is 37.2. The topological polar surface area (TPSA) is 52.0 Å². The molecule has 0 radical (unpaired) electrons. The van der Waals surface area contributed by atoms with Crippen molar-refractivity contribution in [3.8, 4) is 89.3 Å². The van der Waals surface area contributed by atoms with Crippen LogP contribution in [-0.2, 0) is 6.42 Å². The predicted octanol–water partition coefficient (Wildman–Crippen LogP) is 17.1. The summed E-state index contributed by atoms with van der Waals surface area (Å²) in [5, 5.41) is 0. The van der Waals surface area contributed by atoms with Crippen LogP contribution in [0.2, 0.25) is 0 Å². The van der Waals surface area contributed by atoms with Gasteiger partial charge in [0.2, 0.25) is 5.89 Å². The molecule has 0 fully saturated rings. The van der Waals surface area contributed by atoms with Crippen molar-refractivity contribution in [1.82, 2.24) is 4.98 Å². The van der Waals surface area contributed by atoms with E-state index in [2.05, 4.69) is 195 Å². The van der Waals surface area contributed by atoms with E-state index in [9.17, 15) is 4.39 Å². The Bertz CT molecular complexity index is 3540. The SMILES string of the molecule is C=C(Cc1ccccc1N)c1ccc(-c2ccc(-c3ccc(-c4ccc(-c5ccc6nc(-c7ccc(-c8ccc(-c9ccc(-c%10ccc(F)cc%10)cc9)cc8)cc7)oc6c5)cc4)cc3)cc2)cc1. The van der Waals surface area contributed by atoms with Crippen molar-refractivity contribution in [1.29, 1.82) is 0 Å². The highest BCUT2D eigenvalue weighted by Crippen LogP contribution is 2.34. The number of rotatable bonds is 11. The summed E-state index contributed by atoms with van der Waals surface area (Å²) in [6, 6.07) is 80.9. The number of para-hydroxylation sites is 1. The third-order valence-corrected chi connectivity index (χ3v) is 12.9. The number of nitrogen functional groups attached to an aromatic ring is 1. The molecule has 1 aromatic heterocycles. The first-order valence-corrected chi connectivity index (χ1v) is 22.8. The molecule has 0 bridgehead atoms. The second-order valence-corrected chi connectivity index (χ2v) is 17.2. The number of oxazole rings is 1. The maximum atomic E-state index is 13.4. The number of allylic oxidation sites excluding steroid dienone is 1. The van der Waals surface area contributed by atoms with Crippen molar-refractivity contribution in [2.45, 2.75) is 6.42 Å². The maximum absolute atomic E-state index is 13.4. The molecular weight excluding hydrogens is 832 g/mol. The third kappa shape index (κ3) is 8.79. The van der Waals surface area contributed by atoms with Gasteiger partial charge in [-0.1, -0.05) is 201 Å². The summed E-state index contributed by atoms with van der Waals surface area (Å²) in [7, 11) is 0. The van der Waals surface area contributed by atoms with Crippen molar-refractivity contribution in [3.63, 3.8) is 0 Å². The minimum atomic E-state index is -0.230. The van der Waals surface area contributed by atoms with Crippen LogP contribution in [0.15, 0.2) is 248 Å². The highest BCUT2D eigenvalue weighted by molar-refractivity contribution is 5.84. The molecule has 324 valence electrons. The van der Waals surface area contributed by atoms with Crippen molar-refractivity contribution >= 4 is 22.4 Å². The lowest BCUT2D eigenvalue weighted by molar-refractivity contribution is 0.620. The molecule has 10 aromatic carbocycles. The van der Waals surface area contributed by atoms with E-state index in [1.165, 1.54) is 34.4 Å². The van der Waals surface area contributed by atoms with E-state index < -0.39 is 0 Å². The van der Waals surface area contributed by atoms with E-state index in [4.69, 9.17) is 15.1 Å². The van der Waals surface area contributed by atoms with Crippen molar-refractivity contribution in [2.75, 3.05) is 5.73 Å². The van der Waals surface area contributed by atoms with Crippen LogP contribution in [0.3, 0.4) is 0 Å². The Morgan fingerprint density at radius 1 is 0.397 bits per heavy atom. The minimum Gasteiger partial charge on any atom is -0.436 e. The summed E-state index contributed by atoms with van der Waals surface area (Å²) in [5.74, 6) is 0.364. The molecule has 0 saturated carbocycles. The van der Waals surface area contributed by atoms with Gasteiger partial charge in [0.1, 0.15) is 11.3 Å². The average molecular weight is 877 g/mol. The maximum Gasteiger partial charge on any atom is 0.227 e. The Kier molecular flexibility index (Phi) is 11.2. The van der Waals surface area contributed by atoms with Gasteiger partial charge in [0.05, 0.1) is 0 Å². The van der Waals surface area contributed by atoms with Gasteiger partial charge >= 0.3 is 0 Å². The first-order chi connectivity index (χ1) is 33.4. The number of aromatic nitrogens is 1. The van der Waals surface area contributed by atoms with Gasteiger partial charge in [0.25, 0.3) is 0 Å². The largest absolute Gasteiger partial charge is 0.436 e. The fraction of sp³-hybridized carbons (Fsp3) is 0.0156. The number of hydrogen-bond donors (Lipinski definition) is 1. The van der Waals surface area contributed by atoms with E-state index in [1.54, 1.807) is 12.1 Å². The van der Waals surface area contributed by atoms with Gasteiger partial charge < -0.3 is 10.2 Å². The fourth-order valence-electron chi connectivity index (χ4n) is 8.88. The van der Waals surface area contributed by atoms with E-state index >= 15 is 0 Å². The number of nitrogens with two attached hydrogens (primary N) is 1. The summed E-state index contributed by atoms with van der Waals surface area (Å²) in [5.41, 5.74) is 28.5. The Morgan fingerprint density at radius 3 is 1.12 bits per heavy atom.